The highest BCUT2D eigenvalue weighted by atomic mass is 35.5. The fourth-order valence-corrected chi connectivity index (χ4v) is 1.81. The highest BCUT2D eigenvalue weighted by Gasteiger charge is 2.10. The Bertz CT molecular complexity index is 432. The number of nitrogens with one attached hydrogen (secondary N) is 1. The van der Waals surface area contributed by atoms with Gasteiger partial charge in [-0.05, 0) is 26.0 Å². The standard InChI is InChI=1S/C16H23NO3.ClH/c1-4-11-20-16-14(13-17-10-7-12-18-3)8-6-9-15(16)19-5-2;/h1,6,8-9,17H,5,7,10-13H2,2-3H3;1H. The van der Waals surface area contributed by atoms with Crippen LogP contribution in [-0.2, 0) is 11.3 Å². The Morgan fingerprint density at radius 3 is 2.76 bits per heavy atom. The van der Waals surface area contributed by atoms with Crippen LogP contribution in [0.4, 0.5) is 0 Å². The summed E-state index contributed by atoms with van der Waals surface area (Å²) in [7, 11) is 1.71. The van der Waals surface area contributed by atoms with Gasteiger partial charge in [-0.15, -0.1) is 18.8 Å². The van der Waals surface area contributed by atoms with Crippen LogP contribution in [0.3, 0.4) is 0 Å². The summed E-state index contributed by atoms with van der Waals surface area (Å²) in [6.45, 7) is 5.14. The van der Waals surface area contributed by atoms with Crippen molar-refractivity contribution in [2.45, 2.75) is 19.9 Å². The molecule has 0 aliphatic heterocycles. The van der Waals surface area contributed by atoms with Crippen molar-refractivity contribution in [2.75, 3.05) is 33.5 Å². The minimum Gasteiger partial charge on any atom is -0.490 e. The quantitative estimate of drug-likeness (QED) is 0.532. The lowest BCUT2D eigenvalue weighted by atomic mass is 10.2. The van der Waals surface area contributed by atoms with E-state index in [-0.39, 0.29) is 19.0 Å². The molecule has 0 aliphatic carbocycles. The van der Waals surface area contributed by atoms with Crippen molar-refractivity contribution in [2.24, 2.45) is 0 Å². The highest BCUT2D eigenvalue weighted by molar-refractivity contribution is 5.85. The summed E-state index contributed by atoms with van der Waals surface area (Å²) in [6.07, 6.45) is 6.23. The van der Waals surface area contributed by atoms with Crippen LogP contribution in [0, 0.1) is 12.3 Å². The van der Waals surface area contributed by atoms with Gasteiger partial charge in [0.1, 0.15) is 6.61 Å². The molecule has 0 spiro atoms. The number of hydrogen-bond acceptors (Lipinski definition) is 4. The third kappa shape index (κ3) is 7.24. The van der Waals surface area contributed by atoms with E-state index in [1.165, 1.54) is 0 Å². The maximum absolute atomic E-state index is 5.62. The Morgan fingerprint density at radius 2 is 2.10 bits per heavy atom. The molecule has 0 aliphatic rings. The molecule has 0 amide bonds. The van der Waals surface area contributed by atoms with Gasteiger partial charge in [0.05, 0.1) is 6.61 Å². The van der Waals surface area contributed by atoms with Crippen molar-refractivity contribution in [1.82, 2.24) is 5.32 Å². The number of benzene rings is 1. The molecule has 0 unspecified atom stereocenters. The van der Waals surface area contributed by atoms with Crippen LogP contribution in [-0.4, -0.2) is 33.5 Å². The lowest BCUT2D eigenvalue weighted by Gasteiger charge is -2.15. The molecule has 118 valence electrons. The van der Waals surface area contributed by atoms with Crippen molar-refractivity contribution < 1.29 is 14.2 Å². The molecule has 1 N–H and O–H groups in total. The second-order valence-corrected chi connectivity index (χ2v) is 4.19. The van der Waals surface area contributed by atoms with Gasteiger partial charge in [-0.25, -0.2) is 0 Å². The molecule has 0 saturated heterocycles. The van der Waals surface area contributed by atoms with Gasteiger partial charge < -0.3 is 19.5 Å². The molecule has 0 aromatic heterocycles. The van der Waals surface area contributed by atoms with E-state index in [9.17, 15) is 0 Å². The summed E-state index contributed by atoms with van der Waals surface area (Å²) in [6, 6.07) is 5.86. The fraction of sp³-hybridized carbons (Fsp3) is 0.500. The molecule has 0 bridgehead atoms. The average molecular weight is 314 g/mol. The summed E-state index contributed by atoms with van der Waals surface area (Å²) < 4.78 is 16.2. The predicted molar refractivity (Wildman–Crippen MR) is 87.4 cm³/mol. The fourth-order valence-electron chi connectivity index (χ4n) is 1.81. The van der Waals surface area contributed by atoms with Crippen LogP contribution in [0.1, 0.15) is 18.9 Å². The van der Waals surface area contributed by atoms with E-state index >= 15 is 0 Å². The van der Waals surface area contributed by atoms with Crippen molar-refractivity contribution in [3.63, 3.8) is 0 Å². The molecule has 0 atom stereocenters. The molecule has 1 aromatic rings. The lowest BCUT2D eigenvalue weighted by molar-refractivity contribution is 0.194. The second-order valence-electron chi connectivity index (χ2n) is 4.19. The first kappa shape index (κ1) is 19.6. The monoisotopic (exact) mass is 313 g/mol. The van der Waals surface area contributed by atoms with Gasteiger partial charge in [0.25, 0.3) is 0 Å². The Balaban J connectivity index is 0.00000400. The summed E-state index contributed by atoms with van der Waals surface area (Å²) in [5, 5.41) is 3.36. The summed E-state index contributed by atoms with van der Waals surface area (Å²) in [5.74, 6) is 3.95. The topological polar surface area (TPSA) is 39.7 Å². The smallest absolute Gasteiger partial charge is 0.167 e. The number of ether oxygens (including phenoxy) is 3. The summed E-state index contributed by atoms with van der Waals surface area (Å²) in [4.78, 5) is 0. The zero-order valence-corrected chi connectivity index (χ0v) is 13.5. The molecule has 5 heteroatoms. The van der Waals surface area contributed by atoms with Gasteiger partial charge in [0.15, 0.2) is 11.5 Å². The molecule has 0 fully saturated rings. The van der Waals surface area contributed by atoms with E-state index in [1.54, 1.807) is 7.11 Å². The first-order valence-electron chi connectivity index (χ1n) is 6.84. The Morgan fingerprint density at radius 1 is 1.29 bits per heavy atom. The number of para-hydroxylation sites is 1. The average Bonchev–Trinajstić information content (AvgIpc) is 2.46. The zero-order chi connectivity index (χ0) is 14.6. The molecular formula is C16H24ClNO3. The van der Waals surface area contributed by atoms with E-state index in [4.69, 9.17) is 20.6 Å². The Kier molecular flexibility index (Phi) is 11.5. The summed E-state index contributed by atoms with van der Waals surface area (Å²) in [5.41, 5.74) is 1.05. The Hall–Kier alpha value is -1.41. The van der Waals surface area contributed by atoms with Gasteiger partial charge in [0, 0.05) is 25.8 Å². The number of terminal acetylenes is 1. The van der Waals surface area contributed by atoms with Gasteiger partial charge in [0.2, 0.25) is 0 Å². The zero-order valence-electron chi connectivity index (χ0n) is 12.7. The maximum atomic E-state index is 5.62. The van der Waals surface area contributed by atoms with Crippen molar-refractivity contribution in [1.29, 1.82) is 0 Å². The molecule has 1 rings (SSSR count). The van der Waals surface area contributed by atoms with Crippen LogP contribution in [0.2, 0.25) is 0 Å². The number of methoxy groups -OCH3 is 1. The highest BCUT2D eigenvalue weighted by Crippen LogP contribution is 2.31. The molecule has 1 aromatic carbocycles. The molecule has 21 heavy (non-hydrogen) atoms. The molecule has 0 saturated carbocycles. The second kappa shape index (κ2) is 12.3. The van der Waals surface area contributed by atoms with Crippen LogP contribution in [0.15, 0.2) is 18.2 Å². The summed E-state index contributed by atoms with van der Waals surface area (Å²) >= 11 is 0. The Labute approximate surface area is 133 Å². The SMILES string of the molecule is C#CCOc1c(CNCCCOC)cccc1OCC.Cl. The number of rotatable bonds is 10. The van der Waals surface area contributed by atoms with E-state index in [1.807, 2.05) is 25.1 Å². The van der Waals surface area contributed by atoms with Crippen LogP contribution in [0.5, 0.6) is 11.5 Å². The van der Waals surface area contributed by atoms with Gasteiger partial charge in [-0.1, -0.05) is 18.1 Å². The first-order valence-corrected chi connectivity index (χ1v) is 6.84. The van der Waals surface area contributed by atoms with Gasteiger partial charge in [-0.2, -0.15) is 0 Å². The normalized spacial score (nSPS) is 9.57. The van der Waals surface area contributed by atoms with E-state index in [2.05, 4.69) is 11.2 Å². The van der Waals surface area contributed by atoms with E-state index in [0.29, 0.717) is 13.2 Å². The molecule has 0 radical (unpaired) electrons. The lowest BCUT2D eigenvalue weighted by Crippen LogP contribution is -2.17. The van der Waals surface area contributed by atoms with Crippen LogP contribution in [0.25, 0.3) is 0 Å². The number of hydrogen-bond donors (Lipinski definition) is 1. The third-order valence-electron chi connectivity index (χ3n) is 2.68. The van der Waals surface area contributed by atoms with Crippen molar-refractivity contribution in [3.05, 3.63) is 23.8 Å². The third-order valence-corrected chi connectivity index (χ3v) is 2.68. The van der Waals surface area contributed by atoms with Gasteiger partial charge >= 0.3 is 0 Å². The van der Waals surface area contributed by atoms with E-state index in [0.717, 1.165) is 36.6 Å². The van der Waals surface area contributed by atoms with Crippen LogP contribution < -0.4 is 14.8 Å². The largest absolute Gasteiger partial charge is 0.490 e. The van der Waals surface area contributed by atoms with Crippen molar-refractivity contribution in [3.8, 4) is 23.8 Å². The van der Waals surface area contributed by atoms with E-state index < -0.39 is 0 Å². The molecular weight excluding hydrogens is 290 g/mol. The minimum atomic E-state index is 0. The predicted octanol–water partition coefficient (Wildman–Crippen LogP) is 2.65. The number of halogens is 1. The molecule has 4 nitrogen and oxygen atoms in total. The maximum Gasteiger partial charge on any atom is 0.167 e. The van der Waals surface area contributed by atoms with Crippen molar-refractivity contribution >= 4 is 12.4 Å². The van der Waals surface area contributed by atoms with Gasteiger partial charge in [-0.3, -0.25) is 0 Å². The first-order chi connectivity index (χ1) is 9.83. The van der Waals surface area contributed by atoms with Crippen LogP contribution >= 0.6 is 12.4 Å². The molecule has 0 heterocycles. The minimum absolute atomic E-state index is 0.